The summed E-state index contributed by atoms with van der Waals surface area (Å²) in [6.45, 7) is 0.550. The second-order valence-corrected chi connectivity index (χ2v) is 4.92. The minimum Gasteiger partial charge on any atom is -0.383 e. The minimum absolute atomic E-state index is 0.00511. The number of halogens is 3. The van der Waals surface area contributed by atoms with E-state index in [2.05, 4.69) is 21.2 Å². The molecule has 0 heterocycles. The number of amides is 1. The van der Waals surface area contributed by atoms with E-state index in [1.807, 2.05) is 0 Å². The van der Waals surface area contributed by atoms with Crippen molar-refractivity contribution in [2.75, 3.05) is 20.3 Å². The minimum atomic E-state index is -0.574. The molecule has 0 aliphatic rings. The molecule has 1 N–H and O–H groups in total. The normalized spacial score (nSPS) is 12.2. The maximum atomic E-state index is 13.4. The molecule has 6 heteroatoms. The number of carbonyl (C=O) groups is 1. The number of nitrogens with one attached hydrogen (secondary N) is 1. The van der Waals surface area contributed by atoms with Crippen LogP contribution in [0.3, 0.4) is 0 Å². The van der Waals surface area contributed by atoms with Crippen molar-refractivity contribution >= 4 is 33.4 Å². The number of rotatable bonds is 5. The Balaban J connectivity index is 2.58. The van der Waals surface area contributed by atoms with Gasteiger partial charge in [-0.1, -0.05) is 15.9 Å². The van der Waals surface area contributed by atoms with E-state index in [0.717, 1.165) is 0 Å². The second-order valence-electron chi connectivity index (χ2n) is 3.39. The van der Waals surface area contributed by atoms with Gasteiger partial charge in [-0.2, -0.15) is 0 Å². The largest absolute Gasteiger partial charge is 0.383 e. The number of hydrogen-bond donors (Lipinski definition) is 1. The molecule has 94 valence electrons. The summed E-state index contributed by atoms with van der Waals surface area (Å²) in [6, 6.07) is 4.25. The SMILES string of the molecule is COCC(Cl)CNC(=O)c1ccc(Br)cc1F. The van der Waals surface area contributed by atoms with Gasteiger partial charge in [-0.15, -0.1) is 11.6 Å². The van der Waals surface area contributed by atoms with Crippen LogP contribution in [-0.2, 0) is 4.74 Å². The van der Waals surface area contributed by atoms with Crippen LogP contribution in [0.4, 0.5) is 4.39 Å². The third-order valence-electron chi connectivity index (χ3n) is 2.01. The standard InChI is InChI=1S/C11H12BrClFNO2/c1-17-6-8(13)5-15-11(16)9-3-2-7(12)4-10(9)14/h2-4,8H,5-6H2,1H3,(H,15,16). The van der Waals surface area contributed by atoms with Crippen LogP contribution in [0.1, 0.15) is 10.4 Å². The van der Waals surface area contributed by atoms with Crippen LogP contribution in [-0.4, -0.2) is 31.5 Å². The third kappa shape index (κ3) is 4.61. The van der Waals surface area contributed by atoms with E-state index >= 15 is 0 Å². The summed E-state index contributed by atoms with van der Waals surface area (Å²) in [5, 5.41) is 2.21. The first-order valence-electron chi connectivity index (χ1n) is 4.91. The summed E-state index contributed by atoms with van der Waals surface area (Å²) in [7, 11) is 1.52. The zero-order chi connectivity index (χ0) is 12.8. The molecular weight excluding hydrogens is 312 g/mol. The molecule has 0 fully saturated rings. The summed E-state index contributed by atoms with van der Waals surface area (Å²) >= 11 is 8.96. The summed E-state index contributed by atoms with van der Waals surface area (Å²) in [5.41, 5.74) is -0.00511. The van der Waals surface area contributed by atoms with Crippen molar-refractivity contribution in [1.82, 2.24) is 5.32 Å². The Morgan fingerprint density at radius 3 is 2.94 bits per heavy atom. The van der Waals surface area contributed by atoms with E-state index in [9.17, 15) is 9.18 Å². The molecule has 1 amide bonds. The number of alkyl halides is 1. The van der Waals surface area contributed by atoms with Crippen LogP contribution < -0.4 is 5.32 Å². The molecule has 1 aromatic rings. The highest BCUT2D eigenvalue weighted by Crippen LogP contribution is 2.15. The van der Waals surface area contributed by atoms with E-state index < -0.39 is 11.7 Å². The van der Waals surface area contributed by atoms with Crippen LogP contribution in [0.5, 0.6) is 0 Å². The van der Waals surface area contributed by atoms with Gasteiger partial charge in [0.05, 0.1) is 17.5 Å². The molecule has 1 atom stereocenters. The van der Waals surface area contributed by atoms with E-state index in [1.54, 1.807) is 6.07 Å². The van der Waals surface area contributed by atoms with E-state index in [4.69, 9.17) is 16.3 Å². The Bertz CT molecular complexity index is 403. The van der Waals surface area contributed by atoms with Gasteiger partial charge in [-0.05, 0) is 18.2 Å². The van der Waals surface area contributed by atoms with E-state index in [-0.39, 0.29) is 17.5 Å². The van der Waals surface area contributed by atoms with Gasteiger partial charge in [-0.3, -0.25) is 4.79 Å². The molecule has 0 bridgehead atoms. The van der Waals surface area contributed by atoms with Crippen molar-refractivity contribution in [3.63, 3.8) is 0 Å². The first kappa shape index (κ1) is 14.4. The van der Waals surface area contributed by atoms with Crippen molar-refractivity contribution in [2.45, 2.75) is 5.38 Å². The quantitative estimate of drug-likeness (QED) is 0.846. The number of carbonyl (C=O) groups excluding carboxylic acids is 1. The molecule has 0 aliphatic heterocycles. The van der Waals surface area contributed by atoms with Crippen LogP contribution in [0, 0.1) is 5.82 Å². The maximum absolute atomic E-state index is 13.4. The Morgan fingerprint density at radius 2 is 2.35 bits per heavy atom. The highest BCUT2D eigenvalue weighted by atomic mass is 79.9. The molecule has 1 unspecified atom stereocenters. The van der Waals surface area contributed by atoms with E-state index in [1.165, 1.54) is 19.2 Å². The summed E-state index contributed by atoms with van der Waals surface area (Å²) in [5.74, 6) is -1.06. The molecule has 3 nitrogen and oxygen atoms in total. The van der Waals surface area contributed by atoms with Crippen LogP contribution in [0.25, 0.3) is 0 Å². The number of hydrogen-bond acceptors (Lipinski definition) is 2. The van der Waals surface area contributed by atoms with Gasteiger partial charge < -0.3 is 10.1 Å². The van der Waals surface area contributed by atoms with Gasteiger partial charge in [0.15, 0.2) is 0 Å². The summed E-state index contributed by atoms with van der Waals surface area (Å²) in [4.78, 5) is 11.6. The number of ether oxygens (including phenoxy) is 1. The lowest BCUT2D eigenvalue weighted by Crippen LogP contribution is -2.32. The fourth-order valence-corrected chi connectivity index (χ4v) is 1.75. The van der Waals surface area contributed by atoms with Crippen molar-refractivity contribution in [1.29, 1.82) is 0 Å². The fraction of sp³-hybridized carbons (Fsp3) is 0.364. The lowest BCUT2D eigenvalue weighted by molar-refractivity contribution is 0.0945. The van der Waals surface area contributed by atoms with Crippen LogP contribution >= 0.6 is 27.5 Å². The topological polar surface area (TPSA) is 38.3 Å². The molecule has 17 heavy (non-hydrogen) atoms. The zero-order valence-corrected chi connectivity index (χ0v) is 11.5. The van der Waals surface area contributed by atoms with Gasteiger partial charge in [0.1, 0.15) is 5.82 Å². The molecule has 0 saturated carbocycles. The zero-order valence-electron chi connectivity index (χ0n) is 9.17. The average Bonchev–Trinajstić information content (AvgIpc) is 2.26. The Labute approximate surface area is 112 Å². The van der Waals surface area contributed by atoms with E-state index in [0.29, 0.717) is 11.1 Å². The van der Waals surface area contributed by atoms with Gasteiger partial charge >= 0.3 is 0 Å². The lowest BCUT2D eigenvalue weighted by atomic mass is 10.2. The molecule has 1 aromatic carbocycles. The Hall–Kier alpha value is -0.650. The third-order valence-corrected chi connectivity index (χ3v) is 2.78. The van der Waals surface area contributed by atoms with Crippen molar-refractivity contribution < 1.29 is 13.9 Å². The molecule has 0 saturated heterocycles. The second kappa shape index (κ2) is 6.93. The highest BCUT2D eigenvalue weighted by molar-refractivity contribution is 9.10. The number of benzene rings is 1. The Kier molecular flexibility index (Phi) is 5.88. The number of methoxy groups -OCH3 is 1. The first-order valence-corrected chi connectivity index (χ1v) is 6.13. The predicted octanol–water partition coefficient (Wildman–Crippen LogP) is 2.57. The molecular formula is C11H12BrClFNO2. The monoisotopic (exact) mass is 323 g/mol. The molecule has 0 aliphatic carbocycles. The highest BCUT2D eigenvalue weighted by Gasteiger charge is 2.13. The van der Waals surface area contributed by atoms with Crippen LogP contribution in [0.15, 0.2) is 22.7 Å². The van der Waals surface area contributed by atoms with Crippen LogP contribution in [0.2, 0.25) is 0 Å². The van der Waals surface area contributed by atoms with Gasteiger partial charge in [0, 0.05) is 18.1 Å². The Morgan fingerprint density at radius 1 is 1.65 bits per heavy atom. The summed E-state index contributed by atoms with van der Waals surface area (Å²) in [6.07, 6.45) is 0. The summed E-state index contributed by atoms with van der Waals surface area (Å²) < 4.78 is 18.8. The van der Waals surface area contributed by atoms with Gasteiger partial charge in [0.25, 0.3) is 5.91 Å². The molecule has 0 radical (unpaired) electrons. The van der Waals surface area contributed by atoms with Crippen molar-refractivity contribution in [2.24, 2.45) is 0 Å². The lowest BCUT2D eigenvalue weighted by Gasteiger charge is -2.10. The van der Waals surface area contributed by atoms with Crippen molar-refractivity contribution in [3.05, 3.63) is 34.1 Å². The fourth-order valence-electron chi connectivity index (χ4n) is 1.21. The van der Waals surface area contributed by atoms with Crippen molar-refractivity contribution in [3.8, 4) is 0 Å². The predicted molar refractivity (Wildman–Crippen MR) is 68.0 cm³/mol. The van der Waals surface area contributed by atoms with Gasteiger partial charge in [0.2, 0.25) is 0 Å². The van der Waals surface area contributed by atoms with Gasteiger partial charge in [-0.25, -0.2) is 4.39 Å². The first-order chi connectivity index (χ1) is 8.04. The maximum Gasteiger partial charge on any atom is 0.254 e. The molecule has 0 aromatic heterocycles. The smallest absolute Gasteiger partial charge is 0.254 e. The molecule has 0 spiro atoms. The average molecular weight is 325 g/mol. The molecule has 1 rings (SSSR count).